The van der Waals surface area contributed by atoms with Crippen LogP contribution in [0.4, 0.5) is 0 Å². The predicted octanol–water partition coefficient (Wildman–Crippen LogP) is 2.01. The molecule has 0 aliphatic heterocycles. The number of hydrogen-bond donors (Lipinski definition) is 0. The Hall–Kier alpha value is -1.12. The summed E-state index contributed by atoms with van der Waals surface area (Å²) in [5.41, 5.74) is 0.554. The lowest BCUT2D eigenvalue weighted by Crippen LogP contribution is -2.39. The summed E-state index contributed by atoms with van der Waals surface area (Å²) in [5, 5.41) is 0. The van der Waals surface area contributed by atoms with Gasteiger partial charge in [0.25, 0.3) is 0 Å². The molecule has 0 radical (unpaired) electrons. The van der Waals surface area contributed by atoms with Crippen LogP contribution in [0.3, 0.4) is 0 Å². The van der Waals surface area contributed by atoms with Gasteiger partial charge in [-0.05, 0) is 37.3 Å². The topological polar surface area (TPSA) is 43.4 Å². The van der Waals surface area contributed by atoms with Gasteiger partial charge in [-0.15, -0.1) is 0 Å². The van der Waals surface area contributed by atoms with Gasteiger partial charge in [-0.3, -0.25) is 9.59 Å². The molecule has 0 aromatic rings. The number of rotatable bonds is 1. The number of carbonyl (C=O) groups excluding carboxylic acids is 2. The summed E-state index contributed by atoms with van der Waals surface area (Å²) in [4.78, 5) is 23.2. The predicted molar refractivity (Wildman–Crippen MR) is 55.2 cm³/mol. The van der Waals surface area contributed by atoms with Crippen LogP contribution >= 0.6 is 0 Å². The van der Waals surface area contributed by atoms with Crippen molar-refractivity contribution in [1.82, 2.24) is 0 Å². The molecule has 15 heavy (non-hydrogen) atoms. The summed E-state index contributed by atoms with van der Waals surface area (Å²) in [6.45, 7) is 0. The first-order valence-corrected chi connectivity index (χ1v) is 5.51. The second kappa shape index (κ2) is 3.80. The van der Waals surface area contributed by atoms with Crippen molar-refractivity contribution in [3.8, 4) is 0 Å². The first kappa shape index (κ1) is 10.4. The Morgan fingerprint density at radius 2 is 2.13 bits per heavy atom. The molecular weight excluding hydrogens is 192 g/mol. The van der Waals surface area contributed by atoms with E-state index < -0.39 is 5.41 Å². The molecule has 2 rings (SSSR count). The lowest BCUT2D eigenvalue weighted by Gasteiger charge is -2.39. The van der Waals surface area contributed by atoms with Crippen LogP contribution in [-0.4, -0.2) is 18.9 Å². The monoisotopic (exact) mass is 208 g/mol. The van der Waals surface area contributed by atoms with E-state index in [1.807, 2.05) is 0 Å². The standard InChI is InChI=1S/C12H16O3/c1-15-11(14)12-6-3-2-4-9(12)8-10(13)5-7-12/h8H,2-7H2,1H3/t12-/m1/s1. The fourth-order valence-corrected chi connectivity index (χ4v) is 2.77. The van der Waals surface area contributed by atoms with Gasteiger partial charge < -0.3 is 4.74 Å². The highest BCUT2D eigenvalue weighted by atomic mass is 16.5. The van der Waals surface area contributed by atoms with Crippen molar-refractivity contribution < 1.29 is 14.3 Å². The fourth-order valence-electron chi connectivity index (χ4n) is 2.77. The second-order valence-corrected chi connectivity index (χ2v) is 4.42. The first-order chi connectivity index (χ1) is 7.19. The van der Waals surface area contributed by atoms with Crippen molar-refractivity contribution in [2.24, 2.45) is 5.41 Å². The Morgan fingerprint density at radius 1 is 1.33 bits per heavy atom. The number of fused-ring (bicyclic) bond motifs is 1. The molecule has 0 aromatic carbocycles. The minimum absolute atomic E-state index is 0.152. The molecule has 0 spiro atoms. The number of carbonyl (C=O) groups is 2. The van der Waals surface area contributed by atoms with Crippen LogP contribution in [-0.2, 0) is 14.3 Å². The van der Waals surface area contributed by atoms with Crippen LogP contribution in [0, 0.1) is 5.41 Å². The molecule has 0 N–H and O–H groups in total. The Kier molecular flexibility index (Phi) is 2.63. The highest BCUT2D eigenvalue weighted by molar-refractivity contribution is 5.95. The van der Waals surface area contributed by atoms with Gasteiger partial charge in [0.1, 0.15) is 0 Å². The van der Waals surface area contributed by atoms with E-state index in [0.717, 1.165) is 31.3 Å². The van der Waals surface area contributed by atoms with E-state index in [4.69, 9.17) is 4.74 Å². The minimum Gasteiger partial charge on any atom is -0.468 e. The van der Waals surface area contributed by atoms with Crippen molar-refractivity contribution in [3.63, 3.8) is 0 Å². The molecule has 0 amide bonds. The number of allylic oxidation sites excluding steroid dienone is 1. The van der Waals surface area contributed by atoms with Crippen LogP contribution in [0.2, 0.25) is 0 Å². The Balaban J connectivity index is 2.37. The number of ketones is 1. The third kappa shape index (κ3) is 1.60. The zero-order valence-corrected chi connectivity index (χ0v) is 9.04. The summed E-state index contributed by atoms with van der Waals surface area (Å²) < 4.78 is 4.89. The lowest BCUT2D eigenvalue weighted by atomic mass is 9.64. The smallest absolute Gasteiger partial charge is 0.315 e. The normalized spacial score (nSPS) is 30.5. The van der Waals surface area contributed by atoms with Gasteiger partial charge in [0.15, 0.2) is 5.78 Å². The number of hydrogen-bond acceptors (Lipinski definition) is 3. The van der Waals surface area contributed by atoms with Crippen LogP contribution in [0.5, 0.6) is 0 Å². The summed E-state index contributed by atoms with van der Waals surface area (Å²) in [6, 6.07) is 0. The molecule has 0 unspecified atom stereocenters. The van der Waals surface area contributed by atoms with Crippen LogP contribution in [0.15, 0.2) is 11.6 Å². The van der Waals surface area contributed by atoms with Crippen molar-refractivity contribution in [2.45, 2.75) is 38.5 Å². The molecule has 1 fully saturated rings. The SMILES string of the molecule is COC(=O)[C@@]12CCCCC1=CC(=O)CC2. The molecule has 2 aliphatic rings. The van der Waals surface area contributed by atoms with Crippen molar-refractivity contribution in [1.29, 1.82) is 0 Å². The van der Waals surface area contributed by atoms with E-state index in [9.17, 15) is 9.59 Å². The highest BCUT2D eigenvalue weighted by Crippen LogP contribution is 2.47. The van der Waals surface area contributed by atoms with E-state index in [-0.39, 0.29) is 11.8 Å². The maximum Gasteiger partial charge on any atom is 0.315 e. The first-order valence-electron chi connectivity index (χ1n) is 5.51. The van der Waals surface area contributed by atoms with E-state index in [1.165, 1.54) is 7.11 Å². The average Bonchev–Trinajstić information content (AvgIpc) is 2.28. The van der Waals surface area contributed by atoms with Gasteiger partial charge in [0.05, 0.1) is 12.5 Å². The van der Waals surface area contributed by atoms with Crippen molar-refractivity contribution >= 4 is 11.8 Å². The van der Waals surface area contributed by atoms with Gasteiger partial charge in [-0.2, -0.15) is 0 Å². The zero-order valence-electron chi connectivity index (χ0n) is 9.04. The molecule has 0 heterocycles. The van der Waals surface area contributed by atoms with Crippen LogP contribution < -0.4 is 0 Å². The third-order valence-corrected chi connectivity index (χ3v) is 3.62. The van der Waals surface area contributed by atoms with Crippen molar-refractivity contribution in [3.05, 3.63) is 11.6 Å². The largest absolute Gasteiger partial charge is 0.468 e. The Morgan fingerprint density at radius 3 is 2.87 bits per heavy atom. The molecule has 0 saturated heterocycles. The maximum atomic E-state index is 11.9. The number of methoxy groups -OCH3 is 1. The lowest BCUT2D eigenvalue weighted by molar-refractivity contribution is -0.152. The zero-order chi connectivity index (χ0) is 10.9. The molecule has 0 bridgehead atoms. The molecule has 3 nitrogen and oxygen atoms in total. The highest BCUT2D eigenvalue weighted by Gasteiger charge is 2.46. The van der Waals surface area contributed by atoms with E-state index in [0.29, 0.717) is 12.8 Å². The molecule has 2 aliphatic carbocycles. The summed E-state index contributed by atoms with van der Waals surface area (Å²) in [7, 11) is 1.43. The van der Waals surface area contributed by atoms with Gasteiger partial charge in [0.2, 0.25) is 0 Å². The fraction of sp³-hybridized carbons (Fsp3) is 0.667. The maximum absolute atomic E-state index is 11.9. The molecule has 1 saturated carbocycles. The molecule has 1 atom stereocenters. The summed E-state index contributed by atoms with van der Waals surface area (Å²) in [5.74, 6) is 0.00683. The van der Waals surface area contributed by atoms with Gasteiger partial charge in [-0.1, -0.05) is 6.42 Å². The summed E-state index contributed by atoms with van der Waals surface area (Å²) in [6.07, 6.45) is 6.67. The van der Waals surface area contributed by atoms with E-state index in [1.54, 1.807) is 6.08 Å². The molecule has 82 valence electrons. The Bertz CT molecular complexity index is 330. The minimum atomic E-state index is -0.457. The van der Waals surface area contributed by atoms with Gasteiger partial charge in [-0.25, -0.2) is 0 Å². The van der Waals surface area contributed by atoms with Crippen LogP contribution in [0.1, 0.15) is 38.5 Å². The van der Waals surface area contributed by atoms with Crippen molar-refractivity contribution in [2.75, 3.05) is 7.11 Å². The quantitative estimate of drug-likeness (QED) is 0.619. The second-order valence-electron chi connectivity index (χ2n) is 4.42. The van der Waals surface area contributed by atoms with Gasteiger partial charge in [0, 0.05) is 6.42 Å². The average molecular weight is 208 g/mol. The molecular formula is C12H16O3. The number of ether oxygens (including phenoxy) is 1. The van der Waals surface area contributed by atoms with Crippen LogP contribution in [0.25, 0.3) is 0 Å². The number of esters is 1. The third-order valence-electron chi connectivity index (χ3n) is 3.62. The van der Waals surface area contributed by atoms with Gasteiger partial charge >= 0.3 is 5.97 Å². The Labute approximate surface area is 89.5 Å². The molecule has 0 aromatic heterocycles. The summed E-state index contributed by atoms with van der Waals surface area (Å²) >= 11 is 0. The van der Waals surface area contributed by atoms with E-state index >= 15 is 0 Å². The molecule has 3 heteroatoms. The van der Waals surface area contributed by atoms with E-state index in [2.05, 4.69) is 0 Å².